The Balaban J connectivity index is 2.03. The van der Waals surface area contributed by atoms with Gasteiger partial charge < -0.3 is 0 Å². The minimum absolute atomic E-state index is 0.177. The summed E-state index contributed by atoms with van der Waals surface area (Å²) >= 11 is 0. The fraction of sp³-hybridized carbons (Fsp3) is 0.263. The average molecular weight is 292 g/mol. The standard InChI is InChI=1S/C19H20N2O/c22-18-14-8-3-9-15-21(18)19(16-10-4-1-5-11-16)20-17-12-6-2-7-13-17/h1-2,4-7,10-13H,3,8-9,14-15H2. The number of nitrogens with zero attached hydrogens (tertiary/aromatic N) is 2. The van der Waals surface area contributed by atoms with Crippen LogP contribution in [0.1, 0.15) is 31.2 Å². The molecule has 2 aromatic rings. The van der Waals surface area contributed by atoms with Crippen molar-refractivity contribution in [3.8, 4) is 0 Å². The molecule has 0 radical (unpaired) electrons. The highest BCUT2D eigenvalue weighted by atomic mass is 16.2. The summed E-state index contributed by atoms with van der Waals surface area (Å²) in [7, 11) is 0. The Labute approximate surface area is 131 Å². The van der Waals surface area contributed by atoms with Crippen LogP contribution in [-0.4, -0.2) is 23.2 Å². The summed E-state index contributed by atoms with van der Waals surface area (Å²) in [4.78, 5) is 19.1. The van der Waals surface area contributed by atoms with Crippen molar-refractivity contribution in [3.63, 3.8) is 0 Å². The van der Waals surface area contributed by atoms with Crippen LogP contribution >= 0.6 is 0 Å². The van der Waals surface area contributed by atoms with Gasteiger partial charge in [0.05, 0.1) is 5.69 Å². The number of amides is 1. The zero-order valence-corrected chi connectivity index (χ0v) is 12.6. The zero-order chi connectivity index (χ0) is 15.2. The number of para-hydroxylation sites is 1. The topological polar surface area (TPSA) is 32.7 Å². The molecule has 3 rings (SSSR count). The number of likely N-dealkylation sites (tertiary alicyclic amines) is 1. The lowest BCUT2D eigenvalue weighted by molar-refractivity contribution is -0.126. The van der Waals surface area contributed by atoms with Crippen LogP contribution in [0.3, 0.4) is 0 Å². The van der Waals surface area contributed by atoms with Crippen molar-refractivity contribution in [2.45, 2.75) is 25.7 Å². The molecule has 0 N–H and O–H groups in total. The summed E-state index contributed by atoms with van der Waals surface area (Å²) in [5.41, 5.74) is 1.86. The van der Waals surface area contributed by atoms with Crippen LogP contribution in [0.25, 0.3) is 0 Å². The predicted molar refractivity (Wildman–Crippen MR) is 89.3 cm³/mol. The normalized spacial score (nSPS) is 16.5. The number of benzene rings is 2. The summed E-state index contributed by atoms with van der Waals surface area (Å²) in [5, 5.41) is 0. The molecule has 1 aliphatic heterocycles. The first-order valence-electron chi connectivity index (χ1n) is 7.84. The number of aliphatic imine (C=N–C) groups is 1. The second kappa shape index (κ2) is 7.03. The molecule has 1 heterocycles. The summed E-state index contributed by atoms with van der Waals surface area (Å²) < 4.78 is 0. The summed E-state index contributed by atoms with van der Waals surface area (Å²) in [5.74, 6) is 0.940. The molecule has 3 nitrogen and oxygen atoms in total. The van der Waals surface area contributed by atoms with Gasteiger partial charge in [-0.3, -0.25) is 9.69 Å². The van der Waals surface area contributed by atoms with Crippen molar-refractivity contribution in [3.05, 3.63) is 66.2 Å². The summed E-state index contributed by atoms with van der Waals surface area (Å²) in [6.45, 7) is 0.749. The molecule has 0 atom stereocenters. The van der Waals surface area contributed by atoms with Gasteiger partial charge in [0.15, 0.2) is 0 Å². The third kappa shape index (κ3) is 3.42. The van der Waals surface area contributed by atoms with Gasteiger partial charge in [-0.1, -0.05) is 55.0 Å². The quantitative estimate of drug-likeness (QED) is 0.604. The van der Waals surface area contributed by atoms with Gasteiger partial charge in [-0.2, -0.15) is 0 Å². The van der Waals surface area contributed by atoms with Crippen LogP contribution < -0.4 is 0 Å². The molecule has 112 valence electrons. The van der Waals surface area contributed by atoms with Gasteiger partial charge in [-0.15, -0.1) is 0 Å². The number of carbonyl (C=O) groups excluding carboxylic acids is 1. The molecule has 0 unspecified atom stereocenters. The SMILES string of the molecule is O=C1CCCCCN1C(=Nc1ccccc1)c1ccccc1. The molecule has 0 aliphatic carbocycles. The molecule has 0 spiro atoms. The minimum atomic E-state index is 0.177. The Hall–Kier alpha value is -2.42. The van der Waals surface area contributed by atoms with Crippen LogP contribution in [0.2, 0.25) is 0 Å². The van der Waals surface area contributed by atoms with Gasteiger partial charge in [-0.05, 0) is 25.0 Å². The number of hydrogen-bond acceptors (Lipinski definition) is 2. The van der Waals surface area contributed by atoms with Gasteiger partial charge in [0.1, 0.15) is 5.84 Å². The lowest BCUT2D eigenvalue weighted by Crippen LogP contribution is -2.37. The summed E-state index contributed by atoms with van der Waals surface area (Å²) in [6.07, 6.45) is 3.73. The largest absolute Gasteiger partial charge is 0.296 e. The maximum atomic E-state index is 12.5. The van der Waals surface area contributed by atoms with Crippen molar-refractivity contribution in [2.24, 2.45) is 4.99 Å². The van der Waals surface area contributed by atoms with Crippen LogP contribution in [0.15, 0.2) is 65.7 Å². The second-order valence-electron chi connectivity index (χ2n) is 5.49. The minimum Gasteiger partial charge on any atom is -0.296 e. The lowest BCUT2D eigenvalue weighted by Gasteiger charge is -2.23. The maximum absolute atomic E-state index is 12.5. The molecule has 22 heavy (non-hydrogen) atoms. The van der Waals surface area contributed by atoms with E-state index in [0.29, 0.717) is 6.42 Å². The Morgan fingerprint density at radius 3 is 2.27 bits per heavy atom. The number of amidine groups is 1. The first-order chi connectivity index (χ1) is 10.8. The first kappa shape index (κ1) is 14.5. The van der Waals surface area contributed by atoms with Crippen molar-refractivity contribution < 1.29 is 4.79 Å². The summed E-state index contributed by atoms with van der Waals surface area (Å²) in [6, 6.07) is 19.8. The number of carbonyl (C=O) groups is 1. The number of rotatable bonds is 2. The molecule has 1 fully saturated rings. The molecule has 1 saturated heterocycles. The molecule has 0 saturated carbocycles. The highest BCUT2D eigenvalue weighted by Gasteiger charge is 2.22. The van der Waals surface area contributed by atoms with Crippen LogP contribution in [0.4, 0.5) is 5.69 Å². The van der Waals surface area contributed by atoms with Crippen molar-refractivity contribution in [1.29, 1.82) is 0 Å². The van der Waals surface area contributed by atoms with E-state index in [0.717, 1.165) is 42.9 Å². The van der Waals surface area contributed by atoms with E-state index in [4.69, 9.17) is 4.99 Å². The molecular formula is C19H20N2O. The van der Waals surface area contributed by atoms with Gasteiger partial charge in [-0.25, -0.2) is 4.99 Å². The van der Waals surface area contributed by atoms with Gasteiger partial charge >= 0.3 is 0 Å². The van der Waals surface area contributed by atoms with E-state index in [1.54, 1.807) is 0 Å². The average Bonchev–Trinajstić information content (AvgIpc) is 2.79. The molecular weight excluding hydrogens is 272 g/mol. The highest BCUT2D eigenvalue weighted by molar-refractivity contribution is 6.09. The third-order valence-corrected chi connectivity index (χ3v) is 3.85. The Kier molecular flexibility index (Phi) is 4.64. The Bertz CT molecular complexity index is 650. The molecule has 1 aliphatic rings. The second-order valence-corrected chi connectivity index (χ2v) is 5.49. The fourth-order valence-electron chi connectivity index (χ4n) is 2.70. The zero-order valence-electron chi connectivity index (χ0n) is 12.6. The van der Waals surface area contributed by atoms with Gasteiger partial charge in [0.25, 0.3) is 0 Å². The van der Waals surface area contributed by atoms with Crippen molar-refractivity contribution in [1.82, 2.24) is 4.90 Å². The van der Waals surface area contributed by atoms with E-state index in [1.807, 2.05) is 65.6 Å². The molecule has 3 heteroatoms. The monoisotopic (exact) mass is 292 g/mol. The molecule has 0 aromatic heterocycles. The van der Waals surface area contributed by atoms with Crippen LogP contribution in [0.5, 0.6) is 0 Å². The Morgan fingerprint density at radius 2 is 1.55 bits per heavy atom. The van der Waals surface area contributed by atoms with E-state index in [1.165, 1.54) is 0 Å². The van der Waals surface area contributed by atoms with E-state index in [9.17, 15) is 4.79 Å². The highest BCUT2D eigenvalue weighted by Crippen LogP contribution is 2.19. The smallest absolute Gasteiger partial charge is 0.228 e. The maximum Gasteiger partial charge on any atom is 0.228 e. The molecule has 2 aromatic carbocycles. The van der Waals surface area contributed by atoms with Gasteiger partial charge in [0, 0.05) is 18.5 Å². The van der Waals surface area contributed by atoms with E-state index >= 15 is 0 Å². The molecule has 1 amide bonds. The van der Waals surface area contributed by atoms with E-state index in [2.05, 4.69) is 0 Å². The van der Waals surface area contributed by atoms with Crippen molar-refractivity contribution in [2.75, 3.05) is 6.54 Å². The van der Waals surface area contributed by atoms with E-state index < -0.39 is 0 Å². The third-order valence-electron chi connectivity index (χ3n) is 3.85. The Morgan fingerprint density at radius 1 is 0.864 bits per heavy atom. The first-order valence-corrected chi connectivity index (χ1v) is 7.84. The van der Waals surface area contributed by atoms with Crippen LogP contribution in [-0.2, 0) is 4.79 Å². The molecule has 0 bridgehead atoms. The van der Waals surface area contributed by atoms with Crippen molar-refractivity contribution >= 4 is 17.4 Å². The predicted octanol–water partition coefficient (Wildman–Crippen LogP) is 4.17. The lowest BCUT2D eigenvalue weighted by atomic mass is 10.1. The van der Waals surface area contributed by atoms with Crippen LogP contribution in [0, 0.1) is 0 Å². The van der Waals surface area contributed by atoms with Gasteiger partial charge in [0.2, 0.25) is 5.91 Å². The van der Waals surface area contributed by atoms with E-state index in [-0.39, 0.29) is 5.91 Å². The fourth-order valence-corrected chi connectivity index (χ4v) is 2.70. The number of hydrogen-bond donors (Lipinski definition) is 0.